The van der Waals surface area contributed by atoms with Gasteiger partial charge in [0, 0.05) is 0 Å². The summed E-state index contributed by atoms with van der Waals surface area (Å²) in [4.78, 5) is 0. The molecule has 2 heteroatoms. The van der Waals surface area contributed by atoms with Crippen LogP contribution in [0.5, 0.6) is 0 Å². The van der Waals surface area contributed by atoms with Crippen molar-refractivity contribution in [2.24, 2.45) is 0 Å². The predicted molar refractivity (Wildman–Crippen MR) is 46.3 cm³/mol. The Morgan fingerprint density at radius 1 is 1.50 bits per heavy atom. The highest BCUT2D eigenvalue weighted by Crippen LogP contribution is 2.20. The fraction of sp³-hybridized carbons (Fsp3) is 0.600. The SMILES string of the molecule is CCCCCC([O])c1ccco1. The van der Waals surface area contributed by atoms with Crippen molar-refractivity contribution in [1.29, 1.82) is 0 Å². The highest BCUT2D eigenvalue weighted by molar-refractivity contribution is 5.01. The van der Waals surface area contributed by atoms with E-state index in [0.29, 0.717) is 12.2 Å². The molecule has 1 aromatic rings. The van der Waals surface area contributed by atoms with Crippen LogP contribution in [0.25, 0.3) is 0 Å². The molecule has 1 heterocycles. The van der Waals surface area contributed by atoms with Gasteiger partial charge in [0.1, 0.15) is 5.76 Å². The number of rotatable bonds is 5. The van der Waals surface area contributed by atoms with Crippen LogP contribution in [0.3, 0.4) is 0 Å². The lowest BCUT2D eigenvalue weighted by molar-refractivity contribution is 0.0594. The molecule has 1 radical (unpaired) electrons. The van der Waals surface area contributed by atoms with Crippen LogP contribution in [0, 0.1) is 0 Å². The molecule has 67 valence electrons. The van der Waals surface area contributed by atoms with Gasteiger partial charge < -0.3 is 4.42 Å². The average Bonchev–Trinajstić information content (AvgIpc) is 2.56. The minimum Gasteiger partial charge on any atom is -0.466 e. The van der Waals surface area contributed by atoms with Crippen molar-refractivity contribution in [2.45, 2.75) is 38.7 Å². The summed E-state index contributed by atoms with van der Waals surface area (Å²) in [5.74, 6) is 0.575. The number of unbranched alkanes of at least 4 members (excludes halogenated alkanes) is 2. The van der Waals surface area contributed by atoms with Gasteiger partial charge in [0.15, 0.2) is 6.10 Å². The molecular weight excluding hydrogens is 152 g/mol. The normalized spacial score (nSPS) is 13.2. The van der Waals surface area contributed by atoms with E-state index < -0.39 is 6.10 Å². The topological polar surface area (TPSA) is 33.0 Å². The van der Waals surface area contributed by atoms with Gasteiger partial charge >= 0.3 is 0 Å². The Hall–Kier alpha value is -0.760. The molecule has 2 nitrogen and oxygen atoms in total. The summed E-state index contributed by atoms with van der Waals surface area (Å²) in [5, 5.41) is 11.4. The molecule has 0 aliphatic carbocycles. The van der Waals surface area contributed by atoms with Crippen LogP contribution in [-0.4, -0.2) is 0 Å². The maximum Gasteiger partial charge on any atom is 0.150 e. The van der Waals surface area contributed by atoms with E-state index in [9.17, 15) is 5.11 Å². The van der Waals surface area contributed by atoms with Crippen LogP contribution in [0.4, 0.5) is 0 Å². The van der Waals surface area contributed by atoms with Gasteiger partial charge in [-0.1, -0.05) is 26.2 Å². The van der Waals surface area contributed by atoms with Crippen molar-refractivity contribution in [2.75, 3.05) is 0 Å². The molecule has 1 unspecified atom stereocenters. The van der Waals surface area contributed by atoms with Gasteiger partial charge in [-0.2, -0.15) is 0 Å². The van der Waals surface area contributed by atoms with Crippen LogP contribution < -0.4 is 0 Å². The summed E-state index contributed by atoms with van der Waals surface area (Å²) in [6.07, 6.45) is 4.89. The molecular formula is C10H15O2. The Bertz CT molecular complexity index is 192. The Kier molecular flexibility index (Phi) is 3.88. The van der Waals surface area contributed by atoms with E-state index in [4.69, 9.17) is 4.42 Å². The van der Waals surface area contributed by atoms with E-state index in [0.717, 1.165) is 19.3 Å². The first-order valence-electron chi connectivity index (χ1n) is 4.53. The van der Waals surface area contributed by atoms with Gasteiger partial charge in [0.2, 0.25) is 0 Å². The van der Waals surface area contributed by atoms with E-state index in [1.807, 2.05) is 0 Å². The second kappa shape index (κ2) is 4.99. The van der Waals surface area contributed by atoms with Crippen molar-refractivity contribution in [3.8, 4) is 0 Å². The lowest BCUT2D eigenvalue weighted by Crippen LogP contribution is -1.92. The van der Waals surface area contributed by atoms with Crippen LogP contribution >= 0.6 is 0 Å². The average molecular weight is 167 g/mol. The van der Waals surface area contributed by atoms with Gasteiger partial charge in [0.25, 0.3) is 0 Å². The van der Waals surface area contributed by atoms with Crippen molar-refractivity contribution >= 4 is 0 Å². The minimum absolute atomic E-state index is 0.575. The van der Waals surface area contributed by atoms with Gasteiger partial charge in [0.05, 0.1) is 6.26 Å². The fourth-order valence-electron chi connectivity index (χ4n) is 1.20. The lowest BCUT2D eigenvalue weighted by atomic mass is 10.1. The van der Waals surface area contributed by atoms with Gasteiger partial charge in [-0.05, 0) is 18.6 Å². The molecule has 0 bridgehead atoms. The second-order valence-corrected chi connectivity index (χ2v) is 3.00. The molecule has 0 N–H and O–H groups in total. The minimum atomic E-state index is -0.661. The summed E-state index contributed by atoms with van der Waals surface area (Å²) in [6, 6.07) is 3.52. The monoisotopic (exact) mass is 167 g/mol. The maximum absolute atomic E-state index is 11.4. The Balaban J connectivity index is 2.25. The molecule has 12 heavy (non-hydrogen) atoms. The van der Waals surface area contributed by atoms with Crippen LogP contribution in [0.2, 0.25) is 0 Å². The third-order valence-corrected chi connectivity index (χ3v) is 1.93. The Labute approximate surface area is 73.2 Å². The third-order valence-electron chi connectivity index (χ3n) is 1.93. The van der Waals surface area contributed by atoms with Crippen molar-refractivity contribution in [3.63, 3.8) is 0 Å². The van der Waals surface area contributed by atoms with E-state index in [-0.39, 0.29) is 0 Å². The van der Waals surface area contributed by atoms with Crippen molar-refractivity contribution < 1.29 is 9.52 Å². The summed E-state index contributed by atoms with van der Waals surface area (Å²) < 4.78 is 5.01. The van der Waals surface area contributed by atoms with E-state index in [1.54, 1.807) is 18.4 Å². The Morgan fingerprint density at radius 3 is 2.92 bits per heavy atom. The zero-order valence-electron chi connectivity index (χ0n) is 7.45. The van der Waals surface area contributed by atoms with Crippen LogP contribution in [0.15, 0.2) is 22.8 Å². The Morgan fingerprint density at radius 2 is 2.33 bits per heavy atom. The molecule has 1 aromatic heterocycles. The molecule has 0 aliphatic heterocycles. The molecule has 0 spiro atoms. The fourth-order valence-corrected chi connectivity index (χ4v) is 1.20. The molecule has 0 amide bonds. The largest absolute Gasteiger partial charge is 0.466 e. The molecule has 0 fully saturated rings. The van der Waals surface area contributed by atoms with E-state index >= 15 is 0 Å². The van der Waals surface area contributed by atoms with Gasteiger partial charge in [-0.15, -0.1) is 0 Å². The van der Waals surface area contributed by atoms with Crippen LogP contribution in [0.1, 0.15) is 44.5 Å². The quantitative estimate of drug-likeness (QED) is 0.619. The van der Waals surface area contributed by atoms with Gasteiger partial charge in [-0.25, -0.2) is 5.11 Å². The van der Waals surface area contributed by atoms with Gasteiger partial charge in [-0.3, -0.25) is 0 Å². The highest BCUT2D eigenvalue weighted by Gasteiger charge is 2.10. The summed E-state index contributed by atoms with van der Waals surface area (Å²) in [5.41, 5.74) is 0. The molecule has 0 aliphatic rings. The molecule has 1 rings (SSSR count). The first kappa shape index (κ1) is 9.33. The smallest absolute Gasteiger partial charge is 0.150 e. The zero-order valence-corrected chi connectivity index (χ0v) is 7.45. The first-order valence-corrected chi connectivity index (χ1v) is 4.53. The first-order chi connectivity index (χ1) is 5.84. The van der Waals surface area contributed by atoms with Crippen molar-refractivity contribution in [1.82, 2.24) is 0 Å². The van der Waals surface area contributed by atoms with Crippen LogP contribution in [-0.2, 0) is 5.11 Å². The van der Waals surface area contributed by atoms with Crippen molar-refractivity contribution in [3.05, 3.63) is 24.2 Å². The molecule has 0 saturated carbocycles. The lowest BCUT2D eigenvalue weighted by Gasteiger charge is -2.03. The number of furan rings is 1. The highest BCUT2D eigenvalue weighted by atomic mass is 16.4. The standard InChI is InChI=1S/C10H15O2/c1-2-3-4-6-9(11)10-7-5-8-12-10/h5,7-9H,2-4,6H2,1H3. The third kappa shape index (κ3) is 2.70. The number of hydrogen-bond donors (Lipinski definition) is 0. The maximum atomic E-state index is 11.4. The summed E-state index contributed by atoms with van der Waals surface area (Å²) in [6.45, 7) is 2.13. The summed E-state index contributed by atoms with van der Waals surface area (Å²) >= 11 is 0. The van der Waals surface area contributed by atoms with E-state index in [1.165, 1.54) is 0 Å². The summed E-state index contributed by atoms with van der Waals surface area (Å²) in [7, 11) is 0. The zero-order chi connectivity index (χ0) is 8.81. The molecule has 0 aromatic carbocycles. The second-order valence-electron chi connectivity index (χ2n) is 3.00. The molecule has 0 saturated heterocycles. The predicted octanol–water partition coefficient (Wildman–Crippen LogP) is 3.33. The van der Waals surface area contributed by atoms with E-state index in [2.05, 4.69) is 6.92 Å². The number of hydrogen-bond acceptors (Lipinski definition) is 1. The molecule has 1 atom stereocenters.